The SMILES string of the molecule is CC(C)=CCCC1(C)C=Cc2c(c(CC=C(C)C)c3c(c2OP(=O)(O)O)C(=O)C2C(NC(C)C(=O)OCc4ccccc4)C4CC5C(C)(C)OC(CC=C(C)C(=O)NC(C)C(=O)OCc6ccccc6)(C4=O)C25O3)O1. The molecule has 3 aromatic carbocycles. The van der Waals surface area contributed by atoms with Crippen LogP contribution in [0, 0.1) is 17.8 Å². The lowest BCUT2D eigenvalue weighted by molar-refractivity contribution is -0.206. The van der Waals surface area contributed by atoms with Crippen LogP contribution in [0.5, 0.6) is 17.2 Å². The second-order valence-electron chi connectivity index (χ2n) is 21.8. The third-order valence-corrected chi connectivity index (χ3v) is 15.7. The van der Waals surface area contributed by atoms with E-state index < -0.39 is 101 Å². The highest BCUT2D eigenvalue weighted by molar-refractivity contribution is 7.46. The summed E-state index contributed by atoms with van der Waals surface area (Å²) >= 11 is 0. The first kappa shape index (κ1) is 55.1. The molecule has 9 rings (SSSR count). The van der Waals surface area contributed by atoms with Crippen molar-refractivity contribution in [3.05, 3.63) is 130 Å². The van der Waals surface area contributed by atoms with Gasteiger partial charge in [-0.3, -0.25) is 29.0 Å². The molecular weight excluding hydrogens is 980 g/mol. The number of rotatable bonds is 19. The number of allylic oxidation sites excluding steroid dienone is 4. The number of ketones is 2. The maximum absolute atomic E-state index is 16.3. The van der Waals surface area contributed by atoms with Gasteiger partial charge in [-0.2, -0.15) is 0 Å². The average Bonchev–Trinajstić information content (AvgIpc) is 3.49. The summed E-state index contributed by atoms with van der Waals surface area (Å²) in [7, 11) is -5.42. The summed E-state index contributed by atoms with van der Waals surface area (Å²) in [4.78, 5) is 94.2. The molecule has 6 aliphatic rings. The van der Waals surface area contributed by atoms with Crippen LogP contribution in [0.1, 0.15) is 128 Å². The number of phosphoric ester groups is 1. The Morgan fingerprint density at radius 2 is 1.43 bits per heavy atom. The Kier molecular flexibility index (Phi) is 15.5. The molecule has 16 nitrogen and oxygen atoms in total. The van der Waals surface area contributed by atoms with Crippen LogP contribution in [0.15, 0.2) is 102 Å². The fourth-order valence-electron chi connectivity index (χ4n) is 11.6. The van der Waals surface area contributed by atoms with Crippen LogP contribution >= 0.6 is 7.82 Å². The van der Waals surface area contributed by atoms with Gasteiger partial charge in [0.1, 0.15) is 48.0 Å². The van der Waals surface area contributed by atoms with E-state index in [0.717, 1.165) is 22.3 Å². The van der Waals surface area contributed by atoms with E-state index in [1.807, 2.05) is 115 Å². The van der Waals surface area contributed by atoms with Gasteiger partial charge in [0, 0.05) is 35.4 Å². The minimum Gasteiger partial charge on any atom is -0.482 e. The van der Waals surface area contributed by atoms with E-state index in [0.29, 0.717) is 18.4 Å². The Morgan fingerprint density at radius 1 is 0.827 bits per heavy atom. The van der Waals surface area contributed by atoms with Crippen molar-refractivity contribution in [2.45, 2.75) is 155 Å². The molecule has 4 N–H and O–H groups in total. The molecule has 9 atom stereocenters. The van der Waals surface area contributed by atoms with Gasteiger partial charge in [0.2, 0.25) is 5.91 Å². The predicted molar refractivity (Wildman–Crippen MR) is 279 cm³/mol. The first-order chi connectivity index (χ1) is 35.3. The van der Waals surface area contributed by atoms with Gasteiger partial charge < -0.3 is 38.8 Å². The number of nitrogens with one attached hydrogen (secondary N) is 2. The standard InChI is InChI=1S/C58H69N2O14P/c1-33(2)18-17-27-56(10)28-26-41-48(71-56)40(24-23-34(3)4)49-44(50(41)73-75(66,67)68)47(61)45-46(59-36(6)53(64)69-31-38-19-13-11-14-20-38)42-30-43-55(8,9)74-57(51(42)62,58(43,45)72-49)29-25-35(5)52(63)60-37(7)54(65)70-32-39-21-15-12-16-22-39/h11-16,18-23,25-26,28,36-37,42-43,45-46,59H,17,24,27,29-32H2,1-10H3,(H,60,63)(H2,66,67,68). The largest absolute Gasteiger partial charge is 0.524 e. The van der Waals surface area contributed by atoms with Crippen molar-refractivity contribution in [1.82, 2.24) is 10.6 Å². The van der Waals surface area contributed by atoms with Gasteiger partial charge in [-0.1, -0.05) is 90.0 Å². The first-order valence-electron chi connectivity index (χ1n) is 25.6. The fraction of sp³-hybridized carbons (Fsp3) is 0.466. The summed E-state index contributed by atoms with van der Waals surface area (Å²) in [5.74, 6) is -6.41. The van der Waals surface area contributed by atoms with Crippen LogP contribution in [0.3, 0.4) is 0 Å². The summed E-state index contributed by atoms with van der Waals surface area (Å²) < 4.78 is 51.5. The molecule has 4 fully saturated rings. The van der Waals surface area contributed by atoms with Crippen molar-refractivity contribution in [2.24, 2.45) is 17.8 Å². The predicted octanol–water partition coefficient (Wildman–Crippen LogP) is 8.95. The smallest absolute Gasteiger partial charge is 0.482 e. The van der Waals surface area contributed by atoms with E-state index in [1.165, 1.54) is 13.8 Å². The lowest BCUT2D eigenvalue weighted by atomic mass is 9.45. The molecule has 400 valence electrons. The van der Waals surface area contributed by atoms with Gasteiger partial charge in [0.25, 0.3) is 0 Å². The Hall–Kier alpha value is -6.16. The molecule has 0 aromatic heterocycles. The van der Waals surface area contributed by atoms with Crippen molar-refractivity contribution in [1.29, 1.82) is 0 Å². The highest BCUT2D eigenvalue weighted by Crippen LogP contribution is 2.71. The monoisotopic (exact) mass is 1050 g/mol. The Labute approximate surface area is 438 Å². The van der Waals surface area contributed by atoms with Gasteiger partial charge in [-0.15, -0.1) is 0 Å². The molecule has 3 heterocycles. The number of hydrogen-bond acceptors (Lipinski definition) is 13. The van der Waals surface area contributed by atoms with E-state index in [9.17, 15) is 28.7 Å². The van der Waals surface area contributed by atoms with Crippen LogP contribution in [0.2, 0.25) is 0 Å². The summed E-state index contributed by atoms with van der Waals surface area (Å²) in [6.07, 6.45) is 10.2. The van der Waals surface area contributed by atoms with Crippen molar-refractivity contribution < 1.29 is 66.5 Å². The molecule has 75 heavy (non-hydrogen) atoms. The third kappa shape index (κ3) is 10.7. The molecule has 3 aliphatic carbocycles. The van der Waals surface area contributed by atoms with Crippen molar-refractivity contribution in [3.8, 4) is 17.2 Å². The minimum atomic E-state index is -5.42. The topological polar surface area (TPSA) is 222 Å². The van der Waals surface area contributed by atoms with Crippen molar-refractivity contribution in [3.63, 3.8) is 0 Å². The van der Waals surface area contributed by atoms with E-state index in [1.54, 1.807) is 25.2 Å². The molecule has 3 saturated carbocycles. The zero-order valence-electron chi connectivity index (χ0n) is 44.3. The Morgan fingerprint density at radius 3 is 2.01 bits per heavy atom. The van der Waals surface area contributed by atoms with Crippen LogP contribution < -0.4 is 24.6 Å². The zero-order chi connectivity index (χ0) is 54.4. The number of Topliss-reactive ketones (excluding diaryl/α,β-unsaturated/α-hetero) is 2. The molecule has 4 bridgehead atoms. The van der Waals surface area contributed by atoms with Gasteiger partial charge in [-0.25, -0.2) is 9.36 Å². The maximum Gasteiger partial charge on any atom is 0.524 e. The van der Waals surface area contributed by atoms with Crippen LogP contribution in [0.4, 0.5) is 0 Å². The first-order valence-corrected chi connectivity index (χ1v) is 27.1. The number of phosphoric acid groups is 1. The molecule has 1 spiro atoms. The highest BCUT2D eigenvalue weighted by Gasteiger charge is 2.85. The number of amides is 1. The zero-order valence-corrected chi connectivity index (χ0v) is 45.2. The third-order valence-electron chi connectivity index (χ3n) is 15.3. The maximum atomic E-state index is 16.3. The van der Waals surface area contributed by atoms with E-state index in [2.05, 4.69) is 16.7 Å². The molecular formula is C58H69N2O14P. The molecule has 0 radical (unpaired) electrons. The molecule has 9 unspecified atom stereocenters. The number of ether oxygens (including phenoxy) is 5. The number of hydrogen-bond donors (Lipinski definition) is 4. The van der Waals surface area contributed by atoms with Gasteiger partial charge >= 0.3 is 19.8 Å². The summed E-state index contributed by atoms with van der Waals surface area (Å²) in [6.45, 7) is 17.9. The number of carbonyl (C=O) groups excluding carboxylic acids is 5. The lowest BCUT2D eigenvalue weighted by Gasteiger charge is -2.63. The minimum absolute atomic E-state index is 0.00754. The quantitative estimate of drug-likeness (QED) is 0.0381. The van der Waals surface area contributed by atoms with Gasteiger partial charge in [0.15, 0.2) is 28.5 Å². The normalized spacial score (nSPS) is 26.5. The Balaban J connectivity index is 1.27. The summed E-state index contributed by atoms with van der Waals surface area (Å²) in [6, 6.07) is 15.0. The molecule has 1 amide bonds. The van der Waals surface area contributed by atoms with E-state index in [-0.39, 0.29) is 60.7 Å². The summed E-state index contributed by atoms with van der Waals surface area (Å²) in [5.41, 5.74) is -2.01. The number of fused-ring (bicyclic) bond motifs is 2. The van der Waals surface area contributed by atoms with Crippen LogP contribution in [-0.2, 0) is 57.6 Å². The lowest BCUT2D eigenvalue weighted by Crippen LogP contribution is -2.82. The van der Waals surface area contributed by atoms with Crippen molar-refractivity contribution in [2.75, 3.05) is 0 Å². The summed E-state index contributed by atoms with van der Waals surface area (Å²) in [5, 5.41) is 6.02. The molecule has 1 saturated heterocycles. The fourth-order valence-corrected chi connectivity index (χ4v) is 12.1. The Bertz CT molecular complexity index is 2930. The van der Waals surface area contributed by atoms with Gasteiger partial charge in [-0.05, 0) is 118 Å². The second-order valence-corrected chi connectivity index (χ2v) is 23.0. The average molecular weight is 1050 g/mol. The van der Waals surface area contributed by atoms with Crippen LogP contribution in [-0.4, -0.2) is 79.7 Å². The van der Waals surface area contributed by atoms with Crippen LogP contribution in [0.25, 0.3) is 6.08 Å². The van der Waals surface area contributed by atoms with E-state index in [4.69, 9.17) is 28.2 Å². The number of carbonyl (C=O) groups is 5. The molecule has 3 aromatic rings. The van der Waals surface area contributed by atoms with Gasteiger partial charge in [0.05, 0.1) is 17.1 Å². The molecule has 17 heteroatoms. The highest BCUT2D eigenvalue weighted by atomic mass is 31.2. The number of esters is 2. The van der Waals surface area contributed by atoms with Crippen molar-refractivity contribution >= 4 is 43.3 Å². The van der Waals surface area contributed by atoms with E-state index >= 15 is 9.59 Å². The second kappa shape index (κ2) is 21.1. The molecule has 3 aliphatic heterocycles. The number of benzene rings is 3.